The van der Waals surface area contributed by atoms with Crippen LogP contribution in [0.1, 0.15) is 10.6 Å². The van der Waals surface area contributed by atoms with Crippen LogP contribution in [0.2, 0.25) is 4.34 Å². The first-order chi connectivity index (χ1) is 7.34. The smallest absolute Gasteiger partial charge is 0.0931 e. The van der Waals surface area contributed by atoms with Crippen molar-refractivity contribution in [2.75, 3.05) is 6.54 Å². The summed E-state index contributed by atoms with van der Waals surface area (Å²) in [6.45, 7) is 1.79. The van der Waals surface area contributed by atoms with Gasteiger partial charge in [0.2, 0.25) is 0 Å². The van der Waals surface area contributed by atoms with Gasteiger partial charge in [0.05, 0.1) is 4.34 Å². The molecule has 2 aromatic heterocycles. The van der Waals surface area contributed by atoms with E-state index in [0.717, 1.165) is 29.5 Å². The van der Waals surface area contributed by atoms with Gasteiger partial charge in [0.15, 0.2) is 0 Å². The van der Waals surface area contributed by atoms with Crippen LogP contribution in [0.3, 0.4) is 0 Å². The molecule has 0 unspecified atom stereocenters. The summed E-state index contributed by atoms with van der Waals surface area (Å²) < 4.78 is 0.860. The summed E-state index contributed by atoms with van der Waals surface area (Å²) in [7, 11) is 0. The van der Waals surface area contributed by atoms with Gasteiger partial charge in [0.25, 0.3) is 0 Å². The van der Waals surface area contributed by atoms with Gasteiger partial charge in [-0.15, -0.1) is 11.3 Å². The molecule has 0 spiro atoms. The Morgan fingerprint density at radius 2 is 2.33 bits per heavy atom. The Bertz CT molecular complexity index is 396. The molecule has 2 heterocycles. The first-order valence-electron chi connectivity index (χ1n) is 4.78. The van der Waals surface area contributed by atoms with E-state index in [1.54, 1.807) is 17.5 Å². The third kappa shape index (κ3) is 3.34. The highest BCUT2D eigenvalue weighted by atomic mass is 35.5. The number of hydrogen-bond acceptors (Lipinski definition) is 3. The van der Waals surface area contributed by atoms with E-state index in [1.807, 2.05) is 12.1 Å². The Balaban J connectivity index is 1.67. The van der Waals surface area contributed by atoms with Crippen LogP contribution >= 0.6 is 22.9 Å². The van der Waals surface area contributed by atoms with E-state index in [1.165, 1.54) is 4.88 Å². The lowest BCUT2D eigenvalue weighted by Crippen LogP contribution is -2.16. The van der Waals surface area contributed by atoms with Crippen molar-refractivity contribution in [3.05, 3.63) is 39.3 Å². The van der Waals surface area contributed by atoms with Crippen molar-refractivity contribution >= 4 is 22.9 Å². The number of aromatic amines is 1. The highest BCUT2D eigenvalue weighted by Crippen LogP contribution is 2.21. The van der Waals surface area contributed by atoms with Crippen molar-refractivity contribution in [3.8, 4) is 0 Å². The summed E-state index contributed by atoms with van der Waals surface area (Å²) in [6, 6.07) is 5.98. The number of halogens is 1. The second-order valence-electron chi connectivity index (χ2n) is 3.21. The van der Waals surface area contributed by atoms with Crippen LogP contribution in [0.25, 0.3) is 0 Å². The fourth-order valence-corrected chi connectivity index (χ4v) is 2.39. The number of rotatable bonds is 5. The summed E-state index contributed by atoms with van der Waals surface area (Å²) in [5, 5.41) is 10.1. The van der Waals surface area contributed by atoms with Crippen molar-refractivity contribution in [1.82, 2.24) is 15.5 Å². The van der Waals surface area contributed by atoms with Gasteiger partial charge in [0.1, 0.15) is 0 Å². The number of H-pyrrole nitrogens is 1. The molecule has 0 aromatic carbocycles. The fraction of sp³-hybridized carbons (Fsp3) is 0.300. The number of thiophene rings is 1. The SMILES string of the molecule is Clc1ccc(CCNCc2ccn[nH]2)s1. The Morgan fingerprint density at radius 1 is 1.40 bits per heavy atom. The molecule has 0 atom stereocenters. The van der Waals surface area contributed by atoms with E-state index in [9.17, 15) is 0 Å². The Hall–Kier alpha value is -0.840. The molecule has 2 rings (SSSR count). The third-order valence-electron chi connectivity index (χ3n) is 2.05. The molecule has 0 fully saturated rings. The van der Waals surface area contributed by atoms with Gasteiger partial charge in [-0.05, 0) is 24.6 Å². The van der Waals surface area contributed by atoms with Crippen LogP contribution in [-0.2, 0) is 13.0 Å². The molecule has 2 aromatic rings. The molecule has 0 aliphatic rings. The van der Waals surface area contributed by atoms with E-state index in [2.05, 4.69) is 21.6 Å². The summed E-state index contributed by atoms with van der Waals surface area (Å²) in [5.74, 6) is 0. The fourth-order valence-electron chi connectivity index (χ4n) is 1.30. The molecule has 0 radical (unpaired) electrons. The Kier molecular flexibility index (Phi) is 3.77. The lowest BCUT2D eigenvalue weighted by Gasteiger charge is -2.00. The minimum atomic E-state index is 0.832. The molecule has 0 aliphatic heterocycles. The summed E-state index contributed by atoms with van der Waals surface area (Å²) in [5.41, 5.74) is 1.11. The third-order valence-corrected chi connectivity index (χ3v) is 3.34. The second kappa shape index (κ2) is 5.30. The number of nitrogens with zero attached hydrogens (tertiary/aromatic N) is 1. The molecule has 5 heteroatoms. The zero-order chi connectivity index (χ0) is 10.5. The van der Waals surface area contributed by atoms with Crippen LogP contribution in [0.4, 0.5) is 0 Å². The average Bonchev–Trinajstić information content (AvgIpc) is 2.84. The van der Waals surface area contributed by atoms with E-state index < -0.39 is 0 Å². The average molecular weight is 242 g/mol. The maximum absolute atomic E-state index is 5.84. The predicted molar refractivity (Wildman–Crippen MR) is 63.3 cm³/mol. The summed E-state index contributed by atoms with van der Waals surface area (Å²) in [4.78, 5) is 1.32. The van der Waals surface area contributed by atoms with E-state index in [-0.39, 0.29) is 0 Å². The minimum Gasteiger partial charge on any atom is -0.311 e. The summed E-state index contributed by atoms with van der Waals surface area (Å²) in [6.07, 6.45) is 2.78. The first-order valence-corrected chi connectivity index (χ1v) is 5.97. The molecule has 0 bridgehead atoms. The molecule has 0 aliphatic carbocycles. The summed E-state index contributed by atoms with van der Waals surface area (Å²) >= 11 is 7.48. The van der Waals surface area contributed by atoms with Crippen LogP contribution < -0.4 is 5.32 Å². The number of hydrogen-bond donors (Lipinski definition) is 2. The lowest BCUT2D eigenvalue weighted by molar-refractivity contribution is 0.676. The van der Waals surface area contributed by atoms with Gasteiger partial charge < -0.3 is 5.32 Å². The molecule has 0 saturated carbocycles. The van der Waals surface area contributed by atoms with Gasteiger partial charge in [-0.2, -0.15) is 5.10 Å². The highest BCUT2D eigenvalue weighted by molar-refractivity contribution is 7.16. The van der Waals surface area contributed by atoms with Gasteiger partial charge in [-0.1, -0.05) is 11.6 Å². The normalized spacial score (nSPS) is 10.7. The number of nitrogens with one attached hydrogen (secondary N) is 2. The molecular formula is C10H12ClN3S. The van der Waals surface area contributed by atoms with Crippen molar-refractivity contribution in [1.29, 1.82) is 0 Å². The molecule has 80 valence electrons. The van der Waals surface area contributed by atoms with Crippen molar-refractivity contribution in [2.24, 2.45) is 0 Å². The molecule has 0 amide bonds. The van der Waals surface area contributed by atoms with E-state index >= 15 is 0 Å². The van der Waals surface area contributed by atoms with Crippen LogP contribution in [0.15, 0.2) is 24.4 Å². The predicted octanol–water partition coefficient (Wildman–Crippen LogP) is 2.46. The number of aromatic nitrogens is 2. The molecule has 0 saturated heterocycles. The van der Waals surface area contributed by atoms with Crippen molar-refractivity contribution in [2.45, 2.75) is 13.0 Å². The topological polar surface area (TPSA) is 40.7 Å². The van der Waals surface area contributed by atoms with Crippen molar-refractivity contribution in [3.63, 3.8) is 0 Å². The van der Waals surface area contributed by atoms with E-state index in [4.69, 9.17) is 11.6 Å². The molecule has 3 nitrogen and oxygen atoms in total. The quantitative estimate of drug-likeness (QED) is 0.790. The highest BCUT2D eigenvalue weighted by Gasteiger charge is 1.98. The Labute approximate surface area is 97.5 Å². The van der Waals surface area contributed by atoms with Gasteiger partial charge >= 0.3 is 0 Å². The lowest BCUT2D eigenvalue weighted by atomic mass is 10.3. The Morgan fingerprint density at radius 3 is 3.00 bits per heavy atom. The molecule has 15 heavy (non-hydrogen) atoms. The van der Waals surface area contributed by atoms with Crippen LogP contribution in [-0.4, -0.2) is 16.7 Å². The van der Waals surface area contributed by atoms with Gasteiger partial charge in [0, 0.05) is 29.9 Å². The van der Waals surface area contributed by atoms with Gasteiger partial charge in [-0.25, -0.2) is 0 Å². The zero-order valence-electron chi connectivity index (χ0n) is 8.16. The van der Waals surface area contributed by atoms with Crippen LogP contribution in [0.5, 0.6) is 0 Å². The molecule has 2 N–H and O–H groups in total. The maximum atomic E-state index is 5.84. The van der Waals surface area contributed by atoms with Crippen molar-refractivity contribution < 1.29 is 0 Å². The minimum absolute atomic E-state index is 0.832. The maximum Gasteiger partial charge on any atom is 0.0931 e. The standard InChI is InChI=1S/C10H12ClN3S/c11-10-2-1-9(15-10)4-5-12-7-8-3-6-13-14-8/h1-3,6,12H,4-5,7H2,(H,13,14). The van der Waals surface area contributed by atoms with Gasteiger partial charge in [-0.3, -0.25) is 5.10 Å². The monoisotopic (exact) mass is 241 g/mol. The first kappa shape index (κ1) is 10.7. The molecular weight excluding hydrogens is 230 g/mol. The van der Waals surface area contributed by atoms with Crippen LogP contribution in [0, 0.1) is 0 Å². The van der Waals surface area contributed by atoms with E-state index in [0.29, 0.717) is 0 Å². The zero-order valence-corrected chi connectivity index (χ0v) is 9.74. The second-order valence-corrected chi connectivity index (χ2v) is 5.01. The largest absolute Gasteiger partial charge is 0.311 e.